The van der Waals surface area contributed by atoms with Crippen molar-refractivity contribution in [3.8, 4) is 0 Å². The molecule has 82 valence electrons. The lowest BCUT2D eigenvalue weighted by atomic mass is 9.98. The second-order valence-corrected chi connectivity index (χ2v) is 4.87. The summed E-state index contributed by atoms with van der Waals surface area (Å²) in [6.45, 7) is 5.63. The third-order valence-electron chi connectivity index (χ3n) is 2.74. The maximum Gasteiger partial charge on any atom is 0.128 e. The van der Waals surface area contributed by atoms with E-state index in [9.17, 15) is 4.39 Å². The second-order valence-electron chi connectivity index (χ2n) is 4.49. The van der Waals surface area contributed by atoms with E-state index in [1.54, 1.807) is 6.07 Å². The van der Waals surface area contributed by atoms with Gasteiger partial charge in [0.2, 0.25) is 0 Å². The molecule has 1 aliphatic heterocycles. The summed E-state index contributed by atoms with van der Waals surface area (Å²) in [5.74, 6) is 0.264. The monoisotopic (exact) mass is 227 g/mol. The van der Waals surface area contributed by atoms with E-state index in [0.717, 1.165) is 24.2 Å². The minimum atomic E-state index is -0.156. The van der Waals surface area contributed by atoms with Gasteiger partial charge in [-0.05, 0) is 29.5 Å². The minimum Gasteiger partial charge on any atom is -0.309 e. The highest BCUT2D eigenvalue weighted by molar-refractivity contribution is 6.32. The first-order valence-electron chi connectivity index (χ1n) is 5.29. The number of halogens is 2. The Labute approximate surface area is 94.6 Å². The number of benzene rings is 1. The van der Waals surface area contributed by atoms with Crippen molar-refractivity contribution >= 4 is 11.6 Å². The van der Waals surface area contributed by atoms with Crippen molar-refractivity contribution in [3.05, 3.63) is 33.6 Å². The largest absolute Gasteiger partial charge is 0.309 e. The van der Waals surface area contributed by atoms with Gasteiger partial charge in [0.1, 0.15) is 5.82 Å². The fourth-order valence-electron chi connectivity index (χ4n) is 2.02. The third kappa shape index (κ3) is 2.01. The van der Waals surface area contributed by atoms with Gasteiger partial charge in [0.25, 0.3) is 0 Å². The second kappa shape index (κ2) is 4.11. The van der Waals surface area contributed by atoms with E-state index in [1.807, 2.05) is 0 Å². The quantitative estimate of drug-likeness (QED) is 0.818. The average Bonchev–Trinajstić information content (AvgIpc) is 2.59. The molecule has 1 nitrogen and oxygen atoms in total. The molecule has 1 aromatic carbocycles. The van der Waals surface area contributed by atoms with Crippen LogP contribution < -0.4 is 5.32 Å². The lowest BCUT2D eigenvalue weighted by Crippen LogP contribution is -2.02. The Hall–Kier alpha value is -0.600. The maximum absolute atomic E-state index is 13.8. The predicted octanol–water partition coefficient (Wildman–Crippen LogP) is 3.28. The Balaban J connectivity index is 2.46. The zero-order valence-corrected chi connectivity index (χ0v) is 9.79. The average molecular weight is 228 g/mol. The van der Waals surface area contributed by atoms with Crippen LogP contribution >= 0.6 is 11.6 Å². The molecule has 0 aliphatic carbocycles. The molecule has 2 rings (SSSR count). The number of nitrogens with one attached hydrogen (secondary N) is 1. The molecular weight excluding hydrogens is 213 g/mol. The van der Waals surface area contributed by atoms with Crippen LogP contribution in [-0.2, 0) is 19.5 Å². The molecule has 0 amide bonds. The summed E-state index contributed by atoms with van der Waals surface area (Å²) in [4.78, 5) is 0. The fourth-order valence-corrected chi connectivity index (χ4v) is 2.38. The molecule has 0 fully saturated rings. The molecule has 15 heavy (non-hydrogen) atoms. The lowest BCUT2D eigenvalue weighted by molar-refractivity contribution is 0.572. The van der Waals surface area contributed by atoms with Crippen molar-refractivity contribution in [1.82, 2.24) is 5.32 Å². The minimum absolute atomic E-state index is 0.156. The van der Waals surface area contributed by atoms with Crippen LogP contribution in [0.4, 0.5) is 4.39 Å². The molecule has 0 atom stereocenters. The van der Waals surface area contributed by atoms with Gasteiger partial charge in [-0.2, -0.15) is 0 Å². The fraction of sp³-hybridized carbons (Fsp3) is 0.500. The first kappa shape index (κ1) is 10.9. The van der Waals surface area contributed by atoms with Crippen LogP contribution in [0.1, 0.15) is 30.5 Å². The summed E-state index contributed by atoms with van der Waals surface area (Å²) < 4.78 is 13.8. The Morgan fingerprint density at radius 1 is 1.47 bits per heavy atom. The highest BCUT2D eigenvalue weighted by Crippen LogP contribution is 2.31. The lowest BCUT2D eigenvalue weighted by Gasteiger charge is -2.12. The van der Waals surface area contributed by atoms with Crippen LogP contribution in [-0.4, -0.2) is 0 Å². The number of rotatable bonds is 2. The summed E-state index contributed by atoms with van der Waals surface area (Å²) in [5.41, 5.74) is 2.76. The molecular formula is C12H15ClFN. The number of hydrogen-bond donors (Lipinski definition) is 1. The molecule has 0 radical (unpaired) electrons. The van der Waals surface area contributed by atoms with Gasteiger partial charge in [-0.1, -0.05) is 25.4 Å². The van der Waals surface area contributed by atoms with Crippen LogP contribution in [0.3, 0.4) is 0 Å². The van der Waals surface area contributed by atoms with Gasteiger partial charge in [-0.15, -0.1) is 0 Å². The molecule has 1 heterocycles. The van der Waals surface area contributed by atoms with Crippen LogP contribution in [0.25, 0.3) is 0 Å². The Kier molecular flexibility index (Phi) is 2.98. The molecule has 3 heteroatoms. The van der Waals surface area contributed by atoms with Crippen LogP contribution in [0, 0.1) is 11.7 Å². The van der Waals surface area contributed by atoms with E-state index in [2.05, 4.69) is 19.2 Å². The molecule has 0 aromatic heterocycles. The topological polar surface area (TPSA) is 12.0 Å². The van der Waals surface area contributed by atoms with E-state index in [0.29, 0.717) is 22.9 Å². The molecule has 0 unspecified atom stereocenters. The summed E-state index contributed by atoms with van der Waals surface area (Å²) in [7, 11) is 0. The van der Waals surface area contributed by atoms with Crippen LogP contribution in [0.5, 0.6) is 0 Å². The van der Waals surface area contributed by atoms with E-state index in [4.69, 9.17) is 11.6 Å². The normalized spacial score (nSPS) is 14.7. The van der Waals surface area contributed by atoms with Crippen molar-refractivity contribution in [2.75, 3.05) is 0 Å². The Bertz CT molecular complexity index is 388. The van der Waals surface area contributed by atoms with E-state index in [-0.39, 0.29) is 5.82 Å². The third-order valence-corrected chi connectivity index (χ3v) is 3.19. The highest BCUT2D eigenvalue weighted by atomic mass is 35.5. The van der Waals surface area contributed by atoms with Crippen molar-refractivity contribution in [2.45, 2.75) is 33.4 Å². The Morgan fingerprint density at radius 2 is 2.20 bits per heavy atom. The van der Waals surface area contributed by atoms with E-state index < -0.39 is 0 Å². The van der Waals surface area contributed by atoms with E-state index >= 15 is 0 Å². The van der Waals surface area contributed by atoms with Crippen molar-refractivity contribution in [3.63, 3.8) is 0 Å². The zero-order chi connectivity index (χ0) is 11.0. The van der Waals surface area contributed by atoms with Gasteiger partial charge in [-0.3, -0.25) is 0 Å². The van der Waals surface area contributed by atoms with Crippen molar-refractivity contribution in [2.24, 2.45) is 5.92 Å². The van der Waals surface area contributed by atoms with Crippen molar-refractivity contribution < 1.29 is 4.39 Å². The van der Waals surface area contributed by atoms with Crippen molar-refractivity contribution in [1.29, 1.82) is 0 Å². The number of fused-ring (bicyclic) bond motifs is 1. The molecule has 0 saturated heterocycles. The van der Waals surface area contributed by atoms with E-state index in [1.165, 1.54) is 0 Å². The highest BCUT2D eigenvalue weighted by Gasteiger charge is 2.20. The first-order chi connectivity index (χ1) is 7.09. The zero-order valence-electron chi connectivity index (χ0n) is 9.03. The summed E-state index contributed by atoms with van der Waals surface area (Å²) >= 11 is 6.22. The molecule has 1 N–H and O–H groups in total. The van der Waals surface area contributed by atoms with Gasteiger partial charge in [0.05, 0.1) is 5.02 Å². The Morgan fingerprint density at radius 3 is 2.87 bits per heavy atom. The van der Waals surface area contributed by atoms with Crippen LogP contribution in [0.2, 0.25) is 5.02 Å². The van der Waals surface area contributed by atoms with Gasteiger partial charge in [-0.25, -0.2) is 4.39 Å². The molecule has 0 spiro atoms. The van der Waals surface area contributed by atoms with Gasteiger partial charge in [0.15, 0.2) is 0 Å². The summed E-state index contributed by atoms with van der Waals surface area (Å²) in [6.07, 6.45) is 0.706. The smallest absolute Gasteiger partial charge is 0.128 e. The van der Waals surface area contributed by atoms with Crippen LogP contribution in [0.15, 0.2) is 6.07 Å². The number of hydrogen-bond acceptors (Lipinski definition) is 1. The van der Waals surface area contributed by atoms with Gasteiger partial charge >= 0.3 is 0 Å². The predicted molar refractivity (Wildman–Crippen MR) is 60.5 cm³/mol. The maximum atomic E-state index is 13.8. The molecule has 0 saturated carbocycles. The molecule has 0 bridgehead atoms. The summed E-state index contributed by atoms with van der Waals surface area (Å²) in [5, 5.41) is 3.81. The standard InChI is InChI=1S/C12H15ClFN/c1-7(2)3-9-11(14)4-8-5-15-6-10(8)12(9)13/h4,7,15H,3,5-6H2,1-2H3. The molecule has 1 aromatic rings. The molecule has 1 aliphatic rings. The first-order valence-corrected chi connectivity index (χ1v) is 5.66. The summed E-state index contributed by atoms with van der Waals surface area (Å²) in [6, 6.07) is 1.62. The SMILES string of the molecule is CC(C)Cc1c(F)cc2c(c1Cl)CNC2. The van der Waals surface area contributed by atoms with Gasteiger partial charge < -0.3 is 5.32 Å². The van der Waals surface area contributed by atoms with Gasteiger partial charge in [0, 0.05) is 18.7 Å².